The minimum atomic E-state index is 0.875. The fraction of sp³-hybridized carbons (Fsp3) is 0. The van der Waals surface area contributed by atoms with Gasteiger partial charge in [0.25, 0.3) is 0 Å². The van der Waals surface area contributed by atoms with E-state index in [-0.39, 0.29) is 0 Å². The summed E-state index contributed by atoms with van der Waals surface area (Å²) >= 11 is 0. The van der Waals surface area contributed by atoms with E-state index in [1.165, 1.54) is 38.4 Å². The van der Waals surface area contributed by atoms with Gasteiger partial charge >= 0.3 is 0 Å². The molecule has 0 amide bonds. The van der Waals surface area contributed by atoms with E-state index < -0.39 is 0 Å². The number of para-hydroxylation sites is 1. The van der Waals surface area contributed by atoms with Gasteiger partial charge in [-0.15, -0.1) is 0 Å². The van der Waals surface area contributed by atoms with E-state index in [0.29, 0.717) is 0 Å². The molecule has 0 aliphatic rings. The fourth-order valence-corrected chi connectivity index (χ4v) is 7.42. The normalized spacial score (nSPS) is 11.9. The average Bonchev–Trinajstić information content (AvgIpc) is 3.69. The van der Waals surface area contributed by atoms with Crippen molar-refractivity contribution >= 4 is 65.4 Å². The molecule has 0 aliphatic heterocycles. The number of benzene rings is 8. The first-order valence-electron chi connectivity index (χ1n) is 15.7. The lowest BCUT2D eigenvalue weighted by atomic mass is 9.87. The van der Waals surface area contributed by atoms with Gasteiger partial charge in [0, 0.05) is 32.7 Å². The quantitative estimate of drug-likeness (QED) is 0.206. The van der Waals surface area contributed by atoms with Crippen molar-refractivity contribution in [3.8, 4) is 33.4 Å². The van der Waals surface area contributed by atoms with E-state index in [2.05, 4.69) is 158 Å². The Bertz CT molecular complexity index is 2800. The van der Waals surface area contributed by atoms with E-state index in [9.17, 15) is 0 Å². The molecule has 0 radical (unpaired) electrons. The Morgan fingerprint density at radius 2 is 0.978 bits per heavy atom. The zero-order valence-electron chi connectivity index (χ0n) is 24.8. The third-order valence-corrected chi connectivity index (χ3v) is 9.44. The first kappa shape index (κ1) is 25.2. The van der Waals surface area contributed by atoms with Gasteiger partial charge in [-0.25, -0.2) is 0 Å². The van der Waals surface area contributed by atoms with Crippen LogP contribution in [0.15, 0.2) is 167 Å². The Kier molecular flexibility index (Phi) is 5.31. The molecule has 0 spiro atoms. The number of rotatable bonds is 3. The lowest BCUT2D eigenvalue weighted by Crippen LogP contribution is -1.89. The van der Waals surface area contributed by atoms with Gasteiger partial charge in [0.15, 0.2) is 0 Å². The van der Waals surface area contributed by atoms with Crippen LogP contribution in [0.25, 0.3) is 98.8 Å². The molecule has 10 rings (SSSR count). The molecule has 0 saturated carbocycles. The number of furan rings is 2. The van der Waals surface area contributed by atoms with Crippen LogP contribution in [0.1, 0.15) is 0 Å². The maximum absolute atomic E-state index is 6.85. The molecule has 2 nitrogen and oxygen atoms in total. The first-order valence-corrected chi connectivity index (χ1v) is 15.7. The second-order valence-corrected chi connectivity index (χ2v) is 12.0. The highest BCUT2D eigenvalue weighted by atomic mass is 16.3. The van der Waals surface area contributed by atoms with Crippen LogP contribution in [0.3, 0.4) is 0 Å². The number of hydrogen-bond acceptors (Lipinski definition) is 2. The smallest absolute Gasteiger partial charge is 0.144 e. The van der Waals surface area contributed by atoms with Crippen molar-refractivity contribution in [1.29, 1.82) is 0 Å². The summed E-state index contributed by atoms with van der Waals surface area (Å²) in [7, 11) is 0. The van der Waals surface area contributed by atoms with Crippen molar-refractivity contribution in [1.82, 2.24) is 0 Å². The van der Waals surface area contributed by atoms with E-state index in [0.717, 1.165) is 60.4 Å². The summed E-state index contributed by atoms with van der Waals surface area (Å²) in [4.78, 5) is 0. The minimum Gasteiger partial charge on any atom is -0.456 e. The molecule has 0 fully saturated rings. The van der Waals surface area contributed by atoms with Crippen molar-refractivity contribution in [3.63, 3.8) is 0 Å². The Labute approximate surface area is 264 Å². The molecular formula is C44H26O2. The van der Waals surface area contributed by atoms with Gasteiger partial charge in [0.05, 0.1) is 0 Å². The highest BCUT2D eigenvalue weighted by molar-refractivity contribution is 6.27. The van der Waals surface area contributed by atoms with Gasteiger partial charge < -0.3 is 8.83 Å². The number of hydrogen-bond donors (Lipinski definition) is 0. The second kappa shape index (κ2) is 9.69. The third-order valence-electron chi connectivity index (χ3n) is 9.44. The molecule has 0 unspecified atom stereocenters. The van der Waals surface area contributed by atoms with Gasteiger partial charge in [-0.1, -0.05) is 127 Å². The maximum atomic E-state index is 6.85. The molecule has 214 valence electrons. The zero-order chi connectivity index (χ0) is 30.2. The summed E-state index contributed by atoms with van der Waals surface area (Å²) in [6.45, 7) is 0. The first-order chi connectivity index (χ1) is 22.8. The molecule has 2 heterocycles. The van der Waals surface area contributed by atoms with Crippen molar-refractivity contribution in [3.05, 3.63) is 158 Å². The van der Waals surface area contributed by atoms with E-state index in [1.54, 1.807) is 0 Å². The van der Waals surface area contributed by atoms with Crippen LogP contribution in [0.4, 0.5) is 0 Å². The average molecular weight is 587 g/mol. The van der Waals surface area contributed by atoms with Crippen LogP contribution in [0, 0.1) is 0 Å². The largest absolute Gasteiger partial charge is 0.456 e. The van der Waals surface area contributed by atoms with Crippen molar-refractivity contribution in [2.75, 3.05) is 0 Å². The van der Waals surface area contributed by atoms with E-state index in [1.807, 2.05) is 0 Å². The topological polar surface area (TPSA) is 26.3 Å². The molecule has 10 aromatic rings. The monoisotopic (exact) mass is 586 g/mol. The molecule has 46 heavy (non-hydrogen) atoms. The van der Waals surface area contributed by atoms with Gasteiger partial charge in [-0.3, -0.25) is 0 Å². The predicted octanol–water partition coefficient (Wildman–Crippen LogP) is 12.8. The predicted molar refractivity (Wildman–Crippen MR) is 192 cm³/mol. The van der Waals surface area contributed by atoms with Crippen molar-refractivity contribution < 1.29 is 8.83 Å². The summed E-state index contributed by atoms with van der Waals surface area (Å²) in [5, 5.41) is 9.30. The van der Waals surface area contributed by atoms with Gasteiger partial charge in [0.2, 0.25) is 0 Å². The molecule has 8 aromatic carbocycles. The van der Waals surface area contributed by atoms with Gasteiger partial charge in [-0.05, 0) is 74.1 Å². The third kappa shape index (κ3) is 3.65. The van der Waals surface area contributed by atoms with Crippen LogP contribution in [-0.4, -0.2) is 0 Å². The zero-order valence-corrected chi connectivity index (χ0v) is 24.8. The maximum Gasteiger partial charge on any atom is 0.144 e. The Hall–Kier alpha value is -6.12. The van der Waals surface area contributed by atoms with E-state index in [4.69, 9.17) is 8.83 Å². The second-order valence-electron chi connectivity index (χ2n) is 12.0. The van der Waals surface area contributed by atoms with Crippen LogP contribution >= 0.6 is 0 Å². The van der Waals surface area contributed by atoms with Gasteiger partial charge in [-0.2, -0.15) is 0 Å². The summed E-state index contributed by atoms with van der Waals surface area (Å²) in [5.74, 6) is 0. The molecule has 0 bridgehead atoms. The van der Waals surface area contributed by atoms with E-state index >= 15 is 0 Å². The van der Waals surface area contributed by atoms with Crippen LogP contribution in [0.2, 0.25) is 0 Å². The highest BCUT2D eigenvalue weighted by Crippen LogP contribution is 2.49. The molecular weight excluding hydrogens is 560 g/mol. The molecule has 0 saturated heterocycles. The fourth-order valence-electron chi connectivity index (χ4n) is 7.42. The summed E-state index contributed by atoms with van der Waals surface area (Å²) in [6, 6.07) is 56.0. The molecule has 0 N–H and O–H groups in total. The number of fused-ring (bicyclic) bond motifs is 8. The lowest BCUT2D eigenvalue weighted by molar-refractivity contribution is 0.668. The SMILES string of the molecule is c1ccc(-c2cccc3oc4ccc(-c5c6ccccc6c(-c6ccc7ccccc7c6)c6c5oc5ccccc56)cc4c23)cc1. The standard InChI is InChI=1S/C44H26O2/c1-2-12-28(13-3-1)32-18-10-20-39-42(32)36-26-31(23-24-38(36)45-39)41-34-16-7-6-15-33(34)40(30-22-21-27-11-4-5-14-29(27)25-30)43-35-17-8-9-19-37(35)46-44(41)43/h1-26H. The minimum absolute atomic E-state index is 0.875. The van der Waals surface area contributed by atoms with Crippen LogP contribution < -0.4 is 0 Å². The summed E-state index contributed by atoms with van der Waals surface area (Å²) in [6.07, 6.45) is 0. The van der Waals surface area contributed by atoms with Crippen molar-refractivity contribution in [2.24, 2.45) is 0 Å². The van der Waals surface area contributed by atoms with Gasteiger partial charge in [0.1, 0.15) is 22.3 Å². The molecule has 0 atom stereocenters. The summed E-state index contributed by atoms with van der Waals surface area (Å²) < 4.78 is 13.3. The lowest BCUT2D eigenvalue weighted by Gasteiger charge is -2.15. The summed E-state index contributed by atoms with van der Waals surface area (Å²) in [5.41, 5.74) is 10.5. The Morgan fingerprint density at radius 3 is 1.85 bits per heavy atom. The van der Waals surface area contributed by atoms with Crippen molar-refractivity contribution in [2.45, 2.75) is 0 Å². The Balaban J connectivity index is 1.33. The molecule has 2 heteroatoms. The van der Waals surface area contributed by atoms with Crippen LogP contribution in [0.5, 0.6) is 0 Å². The van der Waals surface area contributed by atoms with Crippen LogP contribution in [-0.2, 0) is 0 Å². The molecule has 0 aliphatic carbocycles. The molecule has 2 aromatic heterocycles. The highest BCUT2D eigenvalue weighted by Gasteiger charge is 2.23. The Morgan fingerprint density at radius 1 is 0.326 bits per heavy atom.